The van der Waals surface area contributed by atoms with Crippen LogP contribution in [0.2, 0.25) is 0 Å². The maximum absolute atomic E-state index is 4.21. The summed E-state index contributed by atoms with van der Waals surface area (Å²) in [5, 5.41) is 0. The molecule has 0 aromatic heterocycles. The van der Waals surface area contributed by atoms with Crippen molar-refractivity contribution in [3.8, 4) is 0 Å². The number of hydrogen-bond donors (Lipinski definition) is 0. The lowest BCUT2D eigenvalue weighted by atomic mass is 10.1. The van der Waals surface area contributed by atoms with E-state index in [9.17, 15) is 0 Å². The van der Waals surface area contributed by atoms with Crippen molar-refractivity contribution in [2.24, 2.45) is 4.99 Å². The highest BCUT2D eigenvalue weighted by Crippen LogP contribution is 2.03. The molecule has 0 aliphatic carbocycles. The van der Waals surface area contributed by atoms with Crippen LogP contribution < -0.4 is 0 Å². The van der Waals surface area contributed by atoms with Gasteiger partial charge in [-0.25, -0.2) is 0 Å². The minimum absolute atomic E-state index is 0.957. The number of rotatable bonds is 5. The molecular formula is C18H31N. The average molecular weight is 261 g/mol. The van der Waals surface area contributed by atoms with Gasteiger partial charge in [-0.05, 0) is 25.5 Å². The van der Waals surface area contributed by atoms with Crippen LogP contribution in [0.25, 0.3) is 0 Å². The Morgan fingerprint density at radius 2 is 1.47 bits per heavy atom. The summed E-state index contributed by atoms with van der Waals surface area (Å²) < 4.78 is 0. The Hall–Kier alpha value is -1.63. The second-order valence-corrected chi connectivity index (χ2v) is 2.85. The van der Waals surface area contributed by atoms with Crippen LogP contribution in [-0.4, -0.2) is 12.8 Å². The maximum Gasteiger partial charge on any atom is 0.0639 e. The van der Waals surface area contributed by atoms with Crippen LogP contribution >= 0.6 is 0 Å². The molecule has 0 aliphatic rings. The van der Waals surface area contributed by atoms with E-state index in [0.717, 1.165) is 11.3 Å². The van der Waals surface area contributed by atoms with Gasteiger partial charge in [0.15, 0.2) is 0 Å². The smallest absolute Gasteiger partial charge is 0.0639 e. The number of hydrogen-bond acceptors (Lipinski definition) is 1. The third-order valence-corrected chi connectivity index (χ3v) is 1.74. The first-order valence-electron chi connectivity index (χ1n) is 7.02. The van der Waals surface area contributed by atoms with E-state index in [1.54, 1.807) is 13.1 Å². The molecule has 108 valence electrons. The third-order valence-electron chi connectivity index (χ3n) is 1.74. The standard InChI is InChI=1S/C14H19N.2C2H6/c1-5-8-9-12-13(10-6-2)14(15-4)11-7-3;2*1-2/h5-12H,2H2,1,3-4H3;2*1-2H3/b8-5-,11-7-,12-9-,13-10+,15-14?;;. The normalized spacial score (nSPS) is 12.2. The largest absolute Gasteiger partial charge is 0.288 e. The summed E-state index contributed by atoms with van der Waals surface area (Å²) in [4.78, 5) is 4.21. The highest BCUT2D eigenvalue weighted by molar-refractivity contribution is 6.10. The Morgan fingerprint density at radius 1 is 0.895 bits per heavy atom. The SMILES string of the molecule is C=C\C=C(/C=C\C=C/C)C(/C=C\C)=NC.CC.CC. The van der Waals surface area contributed by atoms with Gasteiger partial charge < -0.3 is 0 Å². The van der Waals surface area contributed by atoms with E-state index in [0.29, 0.717) is 0 Å². The molecule has 0 saturated heterocycles. The first kappa shape index (κ1) is 22.5. The van der Waals surface area contributed by atoms with Crippen LogP contribution in [0, 0.1) is 0 Å². The summed E-state index contributed by atoms with van der Waals surface area (Å²) in [6, 6.07) is 0. The first-order valence-corrected chi connectivity index (χ1v) is 7.02. The van der Waals surface area contributed by atoms with E-state index < -0.39 is 0 Å². The lowest BCUT2D eigenvalue weighted by molar-refractivity contribution is 1.43. The number of allylic oxidation sites excluding steroid dienone is 9. The molecule has 0 aromatic carbocycles. The predicted octanol–water partition coefficient (Wildman–Crippen LogP) is 5.93. The molecule has 0 N–H and O–H groups in total. The second kappa shape index (κ2) is 21.6. The zero-order chi connectivity index (χ0) is 15.5. The summed E-state index contributed by atoms with van der Waals surface area (Å²) in [7, 11) is 1.79. The van der Waals surface area contributed by atoms with Gasteiger partial charge in [0, 0.05) is 7.05 Å². The van der Waals surface area contributed by atoms with E-state index >= 15 is 0 Å². The van der Waals surface area contributed by atoms with E-state index in [4.69, 9.17) is 0 Å². The lowest BCUT2D eigenvalue weighted by Crippen LogP contribution is -1.96. The lowest BCUT2D eigenvalue weighted by Gasteiger charge is -1.99. The highest BCUT2D eigenvalue weighted by Gasteiger charge is 1.96. The molecular weight excluding hydrogens is 230 g/mol. The summed E-state index contributed by atoms with van der Waals surface area (Å²) in [6.07, 6.45) is 15.7. The maximum atomic E-state index is 4.21. The topological polar surface area (TPSA) is 12.4 Å². The molecule has 0 atom stereocenters. The minimum atomic E-state index is 0.957. The van der Waals surface area contributed by atoms with E-state index in [1.807, 2.05) is 84.1 Å². The van der Waals surface area contributed by atoms with Crippen molar-refractivity contribution in [3.63, 3.8) is 0 Å². The Balaban J connectivity index is -0.000000579. The van der Waals surface area contributed by atoms with Crippen LogP contribution in [0.1, 0.15) is 41.5 Å². The molecule has 0 aromatic rings. The summed E-state index contributed by atoms with van der Waals surface area (Å²) in [6.45, 7) is 15.7. The van der Waals surface area contributed by atoms with Crippen molar-refractivity contribution < 1.29 is 0 Å². The number of nitrogens with zero attached hydrogens (tertiary/aromatic N) is 1. The van der Waals surface area contributed by atoms with Crippen molar-refractivity contribution >= 4 is 5.71 Å². The summed E-state index contributed by atoms with van der Waals surface area (Å²) in [5.74, 6) is 0. The average Bonchev–Trinajstić information content (AvgIpc) is 2.48. The van der Waals surface area contributed by atoms with Gasteiger partial charge in [-0.15, -0.1) is 0 Å². The summed E-state index contributed by atoms with van der Waals surface area (Å²) >= 11 is 0. The molecule has 1 heteroatoms. The van der Waals surface area contributed by atoms with Crippen molar-refractivity contribution in [1.82, 2.24) is 0 Å². The van der Waals surface area contributed by atoms with Crippen LogP contribution in [0.4, 0.5) is 0 Å². The van der Waals surface area contributed by atoms with E-state index in [2.05, 4.69) is 11.6 Å². The van der Waals surface area contributed by atoms with Crippen molar-refractivity contribution in [1.29, 1.82) is 0 Å². The van der Waals surface area contributed by atoms with Gasteiger partial charge in [0.2, 0.25) is 0 Å². The van der Waals surface area contributed by atoms with Gasteiger partial charge in [0.1, 0.15) is 0 Å². The van der Waals surface area contributed by atoms with Crippen LogP contribution in [-0.2, 0) is 0 Å². The fourth-order valence-corrected chi connectivity index (χ4v) is 1.08. The molecule has 0 unspecified atom stereocenters. The predicted molar refractivity (Wildman–Crippen MR) is 93.1 cm³/mol. The van der Waals surface area contributed by atoms with Crippen molar-refractivity contribution in [2.45, 2.75) is 41.5 Å². The zero-order valence-electron chi connectivity index (χ0n) is 13.8. The first-order chi connectivity index (χ1) is 9.29. The molecule has 19 heavy (non-hydrogen) atoms. The summed E-state index contributed by atoms with van der Waals surface area (Å²) in [5.41, 5.74) is 2.02. The molecule has 0 rings (SSSR count). The monoisotopic (exact) mass is 261 g/mol. The fourth-order valence-electron chi connectivity index (χ4n) is 1.08. The minimum Gasteiger partial charge on any atom is -0.288 e. The molecule has 0 amide bonds. The van der Waals surface area contributed by atoms with E-state index in [-0.39, 0.29) is 0 Å². The molecule has 0 spiro atoms. The Morgan fingerprint density at radius 3 is 1.84 bits per heavy atom. The zero-order valence-corrected chi connectivity index (χ0v) is 13.8. The molecule has 0 saturated carbocycles. The third kappa shape index (κ3) is 14.3. The molecule has 1 nitrogen and oxygen atoms in total. The van der Waals surface area contributed by atoms with Gasteiger partial charge in [-0.3, -0.25) is 4.99 Å². The Kier molecular flexibility index (Phi) is 25.7. The fraction of sp³-hybridized carbons (Fsp3) is 0.389. The molecule has 0 fully saturated rings. The van der Waals surface area contributed by atoms with Crippen LogP contribution in [0.15, 0.2) is 65.8 Å². The van der Waals surface area contributed by atoms with Crippen molar-refractivity contribution in [3.05, 3.63) is 60.8 Å². The Bertz CT molecular complexity index is 326. The number of aliphatic imine (C=N–C) groups is 1. The van der Waals surface area contributed by atoms with Gasteiger partial charge in [0.25, 0.3) is 0 Å². The van der Waals surface area contributed by atoms with Crippen LogP contribution in [0.5, 0.6) is 0 Å². The molecule has 0 heterocycles. The van der Waals surface area contributed by atoms with Gasteiger partial charge in [-0.2, -0.15) is 0 Å². The molecule has 0 radical (unpaired) electrons. The highest BCUT2D eigenvalue weighted by atomic mass is 14.7. The molecule has 0 bridgehead atoms. The van der Waals surface area contributed by atoms with Gasteiger partial charge >= 0.3 is 0 Å². The van der Waals surface area contributed by atoms with Gasteiger partial charge in [0.05, 0.1) is 5.71 Å². The van der Waals surface area contributed by atoms with Gasteiger partial charge in [-0.1, -0.05) is 76.8 Å². The van der Waals surface area contributed by atoms with Crippen molar-refractivity contribution in [2.75, 3.05) is 7.05 Å². The second-order valence-electron chi connectivity index (χ2n) is 2.85. The van der Waals surface area contributed by atoms with Crippen LogP contribution in [0.3, 0.4) is 0 Å². The van der Waals surface area contributed by atoms with E-state index in [1.165, 1.54) is 0 Å². The Labute approximate surface area is 120 Å². The quantitative estimate of drug-likeness (QED) is 0.429. The molecule has 0 aliphatic heterocycles.